The van der Waals surface area contributed by atoms with E-state index in [0.717, 1.165) is 5.56 Å². The van der Waals surface area contributed by atoms with Gasteiger partial charge in [0.2, 0.25) is 0 Å². The van der Waals surface area contributed by atoms with Crippen LogP contribution in [0.2, 0.25) is 15.1 Å². The molecular formula is C17H10BrCl3N2O2S. The molecule has 0 aliphatic heterocycles. The Labute approximate surface area is 177 Å². The second-order valence-electron chi connectivity index (χ2n) is 5.07. The Morgan fingerprint density at radius 2 is 1.88 bits per heavy atom. The Hall–Kier alpha value is -1.31. The third-order valence-corrected chi connectivity index (χ3v) is 5.37. The fraction of sp³-hybridized carbons (Fsp3) is 0.0588. The van der Waals surface area contributed by atoms with Gasteiger partial charge < -0.3 is 4.74 Å². The average molecular weight is 493 g/mol. The van der Waals surface area contributed by atoms with Crippen LogP contribution in [0.15, 0.2) is 46.3 Å². The molecule has 2 aromatic carbocycles. The topological polar surface area (TPSA) is 51.2 Å². The molecule has 9 heteroatoms. The van der Waals surface area contributed by atoms with Crippen LogP contribution >= 0.6 is 62.1 Å². The number of benzene rings is 2. The average Bonchev–Trinajstić information content (AvgIpc) is 3.02. The van der Waals surface area contributed by atoms with E-state index in [-0.39, 0.29) is 12.5 Å². The lowest BCUT2D eigenvalue weighted by molar-refractivity contribution is -0.118. The number of amides is 1. The summed E-state index contributed by atoms with van der Waals surface area (Å²) >= 11 is 22.6. The number of carbonyl (C=O) groups excluding carboxylic acids is 1. The molecule has 0 fully saturated rings. The van der Waals surface area contributed by atoms with E-state index in [4.69, 9.17) is 39.5 Å². The lowest BCUT2D eigenvalue weighted by Gasteiger charge is -2.08. The molecule has 0 saturated carbocycles. The number of hydrogen-bond donors (Lipinski definition) is 1. The Bertz CT molecular complexity index is 965. The smallest absolute Gasteiger partial charge is 0.264 e. The van der Waals surface area contributed by atoms with E-state index in [1.165, 1.54) is 11.3 Å². The first-order valence-corrected chi connectivity index (χ1v) is 10.0. The largest absolute Gasteiger partial charge is 0.483 e. The van der Waals surface area contributed by atoms with Crippen LogP contribution in [-0.2, 0) is 4.79 Å². The molecule has 0 spiro atoms. The summed E-state index contributed by atoms with van der Waals surface area (Å²) in [5.74, 6) is 0.201. The van der Waals surface area contributed by atoms with Crippen LogP contribution < -0.4 is 10.1 Å². The fourth-order valence-electron chi connectivity index (χ4n) is 2.04. The first-order chi connectivity index (χ1) is 12.4. The highest BCUT2D eigenvalue weighted by atomic mass is 79.9. The first kappa shape index (κ1) is 19.5. The Kier molecular flexibility index (Phi) is 6.42. The van der Waals surface area contributed by atoms with Crippen molar-refractivity contribution >= 4 is 73.1 Å². The molecule has 0 unspecified atom stereocenters. The summed E-state index contributed by atoms with van der Waals surface area (Å²) in [5, 5.41) is 6.58. The third kappa shape index (κ3) is 4.90. The molecule has 0 atom stereocenters. The van der Waals surface area contributed by atoms with E-state index in [2.05, 4.69) is 26.2 Å². The van der Waals surface area contributed by atoms with Crippen molar-refractivity contribution in [1.82, 2.24) is 4.98 Å². The highest BCUT2D eigenvalue weighted by Gasteiger charge is 2.12. The zero-order valence-electron chi connectivity index (χ0n) is 12.9. The normalized spacial score (nSPS) is 10.6. The summed E-state index contributed by atoms with van der Waals surface area (Å²) in [5.41, 5.74) is 1.41. The minimum Gasteiger partial charge on any atom is -0.483 e. The summed E-state index contributed by atoms with van der Waals surface area (Å²) in [4.78, 5) is 16.4. The number of ether oxygens (including phenoxy) is 1. The molecule has 134 valence electrons. The van der Waals surface area contributed by atoms with E-state index < -0.39 is 0 Å². The molecule has 3 aromatic rings. The van der Waals surface area contributed by atoms with Gasteiger partial charge in [0.15, 0.2) is 11.7 Å². The highest BCUT2D eigenvalue weighted by Crippen LogP contribution is 2.32. The van der Waals surface area contributed by atoms with Crippen molar-refractivity contribution in [2.45, 2.75) is 0 Å². The number of halogens is 4. The Balaban J connectivity index is 1.62. The maximum Gasteiger partial charge on any atom is 0.264 e. The summed E-state index contributed by atoms with van der Waals surface area (Å²) in [7, 11) is 0. The van der Waals surface area contributed by atoms with Crippen molar-refractivity contribution in [2.75, 3.05) is 11.9 Å². The minimum atomic E-state index is -0.324. The van der Waals surface area contributed by atoms with Gasteiger partial charge in [-0.25, -0.2) is 4.98 Å². The molecule has 0 saturated heterocycles. The molecule has 26 heavy (non-hydrogen) atoms. The van der Waals surface area contributed by atoms with Crippen LogP contribution in [0, 0.1) is 0 Å². The van der Waals surface area contributed by atoms with Gasteiger partial charge in [0.1, 0.15) is 5.75 Å². The summed E-state index contributed by atoms with van der Waals surface area (Å²) in [6.45, 7) is -0.156. The van der Waals surface area contributed by atoms with E-state index >= 15 is 0 Å². The maximum absolute atomic E-state index is 12.1. The molecule has 3 rings (SSSR count). The summed E-state index contributed by atoms with van der Waals surface area (Å²) in [6.07, 6.45) is 0. The van der Waals surface area contributed by atoms with Crippen molar-refractivity contribution < 1.29 is 9.53 Å². The number of nitrogens with zero attached hydrogens (tertiary/aromatic N) is 1. The van der Waals surface area contributed by atoms with Crippen LogP contribution in [0.1, 0.15) is 0 Å². The molecule has 1 heterocycles. The molecule has 0 aliphatic rings. The lowest BCUT2D eigenvalue weighted by atomic mass is 10.2. The summed E-state index contributed by atoms with van der Waals surface area (Å²) in [6, 6.07) is 10.2. The summed E-state index contributed by atoms with van der Waals surface area (Å²) < 4.78 is 6.15. The predicted molar refractivity (Wildman–Crippen MR) is 111 cm³/mol. The monoisotopic (exact) mass is 490 g/mol. The zero-order valence-corrected chi connectivity index (χ0v) is 17.6. The van der Waals surface area contributed by atoms with Crippen molar-refractivity contribution in [3.63, 3.8) is 0 Å². The quantitative estimate of drug-likeness (QED) is 0.439. The van der Waals surface area contributed by atoms with Gasteiger partial charge in [0.05, 0.1) is 15.2 Å². The number of hydrogen-bond acceptors (Lipinski definition) is 4. The van der Waals surface area contributed by atoms with Gasteiger partial charge in [0.25, 0.3) is 5.91 Å². The number of anilines is 1. The van der Waals surface area contributed by atoms with Crippen molar-refractivity contribution in [3.05, 3.63) is 61.3 Å². The molecule has 0 bridgehead atoms. The predicted octanol–water partition coefficient (Wildman–Crippen LogP) is 6.55. The number of nitrogens with one attached hydrogen (secondary N) is 1. The Morgan fingerprint density at radius 3 is 2.62 bits per heavy atom. The number of thiazole rings is 1. The van der Waals surface area contributed by atoms with Crippen molar-refractivity contribution in [2.24, 2.45) is 0 Å². The van der Waals surface area contributed by atoms with Crippen LogP contribution in [0.3, 0.4) is 0 Å². The van der Waals surface area contributed by atoms with Gasteiger partial charge in [-0.15, -0.1) is 11.3 Å². The second-order valence-corrected chi connectivity index (χ2v) is 8.07. The fourth-order valence-corrected chi connectivity index (χ4v) is 4.07. The second kappa shape index (κ2) is 8.59. The lowest BCUT2D eigenvalue weighted by Crippen LogP contribution is -2.20. The molecule has 0 aliphatic carbocycles. The highest BCUT2D eigenvalue weighted by molar-refractivity contribution is 9.10. The van der Waals surface area contributed by atoms with E-state index in [1.807, 2.05) is 0 Å². The van der Waals surface area contributed by atoms with Crippen LogP contribution in [-0.4, -0.2) is 17.5 Å². The van der Waals surface area contributed by atoms with E-state index in [0.29, 0.717) is 36.1 Å². The number of carbonyl (C=O) groups is 1. The van der Waals surface area contributed by atoms with Crippen LogP contribution in [0.5, 0.6) is 5.75 Å². The van der Waals surface area contributed by atoms with Gasteiger partial charge in [0, 0.05) is 21.0 Å². The van der Waals surface area contributed by atoms with Gasteiger partial charge in [-0.1, -0.05) is 34.8 Å². The SMILES string of the molecule is O=C(COc1ccc(Cl)cc1Br)Nc1nc(-c2ccc(Cl)cc2Cl)cs1. The van der Waals surface area contributed by atoms with Crippen LogP contribution in [0.4, 0.5) is 5.13 Å². The first-order valence-electron chi connectivity index (χ1n) is 7.21. The number of rotatable bonds is 5. The molecule has 1 aromatic heterocycles. The third-order valence-electron chi connectivity index (χ3n) is 3.21. The van der Waals surface area contributed by atoms with Gasteiger partial charge in [-0.3, -0.25) is 10.1 Å². The van der Waals surface area contributed by atoms with Crippen molar-refractivity contribution in [1.29, 1.82) is 0 Å². The molecular weight excluding hydrogens is 483 g/mol. The number of aromatic nitrogens is 1. The zero-order chi connectivity index (χ0) is 18.7. The standard InChI is InChI=1S/C17H10BrCl3N2O2S/c18-12-5-9(19)2-4-15(12)25-7-16(24)23-17-22-14(8-26-17)11-3-1-10(20)6-13(11)21/h1-6,8H,7H2,(H,22,23,24). The van der Waals surface area contributed by atoms with E-state index in [1.54, 1.807) is 41.8 Å². The van der Waals surface area contributed by atoms with Gasteiger partial charge in [-0.2, -0.15) is 0 Å². The Morgan fingerprint density at radius 1 is 1.15 bits per heavy atom. The van der Waals surface area contributed by atoms with E-state index in [9.17, 15) is 4.79 Å². The van der Waals surface area contributed by atoms with Gasteiger partial charge in [-0.05, 0) is 52.3 Å². The molecule has 1 N–H and O–H groups in total. The van der Waals surface area contributed by atoms with Crippen LogP contribution in [0.25, 0.3) is 11.3 Å². The molecule has 4 nitrogen and oxygen atoms in total. The van der Waals surface area contributed by atoms with Crippen molar-refractivity contribution in [3.8, 4) is 17.0 Å². The maximum atomic E-state index is 12.1. The van der Waals surface area contributed by atoms with Gasteiger partial charge >= 0.3 is 0 Å². The minimum absolute atomic E-state index is 0.156. The molecule has 1 amide bonds. The molecule has 0 radical (unpaired) electrons.